The number of benzene rings is 3. The van der Waals surface area contributed by atoms with Gasteiger partial charge >= 0.3 is 0 Å². The molecule has 1 amide bonds. The highest BCUT2D eigenvalue weighted by molar-refractivity contribution is 6.13. The lowest BCUT2D eigenvalue weighted by atomic mass is 10.1. The van der Waals surface area contributed by atoms with Gasteiger partial charge in [-0.2, -0.15) is 0 Å². The van der Waals surface area contributed by atoms with E-state index in [0.29, 0.717) is 17.0 Å². The second kappa shape index (κ2) is 8.22. The predicted octanol–water partition coefficient (Wildman–Crippen LogP) is 3.93. The Morgan fingerprint density at radius 2 is 1.41 bits per heavy atom. The maximum Gasteiger partial charge on any atom is 0.257 e. The van der Waals surface area contributed by atoms with E-state index in [9.17, 15) is 4.79 Å². The first-order valence-corrected chi connectivity index (χ1v) is 9.02. The number of guanidine groups is 1. The third kappa shape index (κ3) is 4.22. The van der Waals surface area contributed by atoms with E-state index in [1.165, 1.54) is 0 Å². The van der Waals surface area contributed by atoms with Crippen molar-refractivity contribution in [2.75, 3.05) is 0 Å². The lowest BCUT2D eigenvalue weighted by Crippen LogP contribution is -2.36. The molecule has 3 aromatic carbocycles. The molecule has 1 heterocycles. The van der Waals surface area contributed by atoms with Crippen LogP contribution in [0.2, 0.25) is 0 Å². The molecule has 6 heteroatoms. The first kappa shape index (κ1) is 18.2. The van der Waals surface area contributed by atoms with Crippen LogP contribution >= 0.6 is 0 Å². The minimum Gasteiger partial charge on any atom is -0.454 e. The van der Waals surface area contributed by atoms with Crippen molar-refractivity contribution in [2.24, 2.45) is 15.9 Å². The average molecular weight is 382 g/mol. The molecule has 0 aliphatic heterocycles. The summed E-state index contributed by atoms with van der Waals surface area (Å²) in [5, 5.41) is 11.8. The van der Waals surface area contributed by atoms with Crippen molar-refractivity contribution in [2.45, 2.75) is 0 Å². The fraction of sp³-hybridized carbons (Fsp3) is 0. The molecule has 0 bridgehead atoms. The number of fused-ring (bicyclic) bond motifs is 1. The molecule has 6 nitrogen and oxygen atoms in total. The number of furan rings is 1. The molecule has 4 aromatic rings. The number of carbonyl (C=O) groups is 1. The third-order valence-corrected chi connectivity index (χ3v) is 4.24. The molecule has 4 rings (SSSR count). The van der Waals surface area contributed by atoms with E-state index in [0.717, 1.165) is 16.5 Å². The molecule has 142 valence electrons. The number of amides is 1. The summed E-state index contributed by atoms with van der Waals surface area (Å²) in [6.45, 7) is 0. The summed E-state index contributed by atoms with van der Waals surface area (Å²) in [6.07, 6.45) is 0. The first-order valence-electron chi connectivity index (χ1n) is 9.02. The standard InChI is InChI=1S/C23H18N4O2/c24-23(25-22(28)17-11-5-2-6-12-17)27-26-21(16-9-3-1-4-10-16)20-15-18-13-7-8-14-19(18)29-20/h1-15H,(H3,24,25,27,28)/b26-21+. The van der Waals surface area contributed by atoms with E-state index in [1.807, 2.05) is 66.7 Å². The monoisotopic (exact) mass is 382 g/mol. The molecule has 0 radical (unpaired) electrons. The first-order chi connectivity index (χ1) is 14.2. The Morgan fingerprint density at radius 1 is 0.793 bits per heavy atom. The Balaban J connectivity index is 1.66. The molecule has 29 heavy (non-hydrogen) atoms. The van der Waals surface area contributed by atoms with E-state index in [1.54, 1.807) is 24.3 Å². The molecule has 0 spiro atoms. The van der Waals surface area contributed by atoms with Gasteiger partial charge in [0.1, 0.15) is 11.3 Å². The Hall–Kier alpha value is -4.19. The predicted molar refractivity (Wildman–Crippen MR) is 114 cm³/mol. The number of hydrogen-bond donors (Lipinski definition) is 2. The van der Waals surface area contributed by atoms with Gasteiger partial charge in [0.2, 0.25) is 5.96 Å². The third-order valence-electron chi connectivity index (χ3n) is 4.24. The SMILES string of the molecule is N/C(=N\N=C(/c1ccccc1)c1cc2ccccc2o1)NC(=O)c1ccccc1. The zero-order valence-electron chi connectivity index (χ0n) is 15.4. The van der Waals surface area contributed by atoms with E-state index in [4.69, 9.17) is 10.2 Å². The number of nitrogens with two attached hydrogens (primary N) is 1. The van der Waals surface area contributed by atoms with Gasteiger partial charge < -0.3 is 10.2 Å². The van der Waals surface area contributed by atoms with Crippen LogP contribution in [0.3, 0.4) is 0 Å². The minimum atomic E-state index is -0.355. The highest BCUT2D eigenvalue weighted by atomic mass is 16.3. The fourth-order valence-electron chi connectivity index (χ4n) is 2.85. The zero-order valence-corrected chi connectivity index (χ0v) is 15.4. The normalized spacial score (nSPS) is 12.1. The van der Waals surface area contributed by atoms with Gasteiger partial charge in [0.15, 0.2) is 5.76 Å². The molecule has 0 aliphatic rings. The zero-order chi connectivity index (χ0) is 20.1. The van der Waals surface area contributed by atoms with Crippen molar-refractivity contribution in [3.05, 3.63) is 108 Å². The molecule has 0 saturated carbocycles. The molecule has 0 saturated heterocycles. The summed E-state index contributed by atoms with van der Waals surface area (Å²) >= 11 is 0. The van der Waals surface area contributed by atoms with Crippen LogP contribution in [0.5, 0.6) is 0 Å². The van der Waals surface area contributed by atoms with Gasteiger partial charge in [0.25, 0.3) is 5.91 Å². The van der Waals surface area contributed by atoms with Gasteiger partial charge in [-0.05, 0) is 24.3 Å². The van der Waals surface area contributed by atoms with Crippen molar-refractivity contribution >= 4 is 28.5 Å². The molecule has 0 atom stereocenters. The van der Waals surface area contributed by atoms with Gasteiger partial charge in [-0.15, -0.1) is 10.2 Å². The molecule has 0 fully saturated rings. The number of nitrogens with one attached hydrogen (secondary N) is 1. The summed E-state index contributed by atoms with van der Waals surface area (Å²) in [5.74, 6) is 0.0961. The van der Waals surface area contributed by atoms with Crippen LogP contribution in [-0.4, -0.2) is 17.6 Å². The maximum atomic E-state index is 12.2. The molecular formula is C23H18N4O2. The summed E-state index contributed by atoms with van der Waals surface area (Å²) in [7, 11) is 0. The topological polar surface area (TPSA) is 93.0 Å². The Bertz CT molecular complexity index is 1160. The lowest BCUT2D eigenvalue weighted by molar-refractivity contribution is 0.0976. The molecule has 1 aromatic heterocycles. The van der Waals surface area contributed by atoms with Crippen LogP contribution in [0.15, 0.2) is 106 Å². The number of nitrogens with zero attached hydrogens (tertiary/aromatic N) is 2. The average Bonchev–Trinajstić information content (AvgIpc) is 3.19. The number of hydrogen-bond acceptors (Lipinski definition) is 4. The minimum absolute atomic E-state index is 0.108. The largest absolute Gasteiger partial charge is 0.454 e. The highest BCUT2D eigenvalue weighted by Crippen LogP contribution is 2.22. The smallest absolute Gasteiger partial charge is 0.257 e. The van der Waals surface area contributed by atoms with Crippen molar-refractivity contribution in [3.63, 3.8) is 0 Å². The summed E-state index contributed by atoms with van der Waals surface area (Å²) < 4.78 is 5.94. The van der Waals surface area contributed by atoms with Crippen LogP contribution in [0.1, 0.15) is 21.7 Å². The van der Waals surface area contributed by atoms with Crippen molar-refractivity contribution in [1.29, 1.82) is 0 Å². The van der Waals surface area contributed by atoms with Crippen molar-refractivity contribution in [1.82, 2.24) is 5.32 Å². The van der Waals surface area contributed by atoms with Gasteiger partial charge in [0.05, 0.1) is 0 Å². The highest BCUT2D eigenvalue weighted by Gasteiger charge is 2.13. The Kier molecular flexibility index (Phi) is 5.16. The van der Waals surface area contributed by atoms with Crippen LogP contribution in [0.4, 0.5) is 0 Å². The second-order valence-corrected chi connectivity index (χ2v) is 6.27. The summed E-state index contributed by atoms with van der Waals surface area (Å²) in [4.78, 5) is 12.2. The van der Waals surface area contributed by atoms with Crippen molar-refractivity contribution < 1.29 is 9.21 Å². The van der Waals surface area contributed by atoms with E-state index < -0.39 is 0 Å². The van der Waals surface area contributed by atoms with Gasteiger partial charge in [-0.1, -0.05) is 66.7 Å². The molecule has 0 unspecified atom stereocenters. The van der Waals surface area contributed by atoms with Crippen molar-refractivity contribution in [3.8, 4) is 0 Å². The van der Waals surface area contributed by atoms with Gasteiger partial charge in [-0.3, -0.25) is 10.1 Å². The fourth-order valence-corrected chi connectivity index (χ4v) is 2.85. The number of rotatable bonds is 4. The van der Waals surface area contributed by atoms with Crippen LogP contribution in [0, 0.1) is 0 Å². The molecule has 3 N–H and O–H groups in total. The second-order valence-electron chi connectivity index (χ2n) is 6.27. The van der Waals surface area contributed by atoms with Gasteiger partial charge in [-0.25, -0.2) is 0 Å². The Labute approximate surface area is 167 Å². The van der Waals surface area contributed by atoms with Gasteiger partial charge in [0, 0.05) is 16.5 Å². The van der Waals surface area contributed by atoms with Crippen LogP contribution < -0.4 is 11.1 Å². The Morgan fingerprint density at radius 3 is 2.10 bits per heavy atom. The van der Waals surface area contributed by atoms with E-state index >= 15 is 0 Å². The number of para-hydroxylation sites is 1. The molecular weight excluding hydrogens is 364 g/mol. The van der Waals surface area contributed by atoms with E-state index in [2.05, 4.69) is 15.5 Å². The maximum absolute atomic E-state index is 12.2. The van der Waals surface area contributed by atoms with Crippen LogP contribution in [0.25, 0.3) is 11.0 Å². The van der Waals surface area contributed by atoms with E-state index in [-0.39, 0.29) is 11.9 Å². The lowest BCUT2D eigenvalue weighted by Gasteiger charge is -2.04. The molecule has 0 aliphatic carbocycles. The summed E-state index contributed by atoms with van der Waals surface area (Å²) in [6, 6.07) is 27.9. The summed E-state index contributed by atoms with van der Waals surface area (Å²) in [5.41, 5.74) is 8.43. The van der Waals surface area contributed by atoms with Crippen LogP contribution in [-0.2, 0) is 0 Å². The number of carbonyl (C=O) groups excluding carboxylic acids is 1. The quantitative estimate of drug-likeness (QED) is 0.318.